The molecular formula is C11H11F3INO3. The van der Waals surface area contributed by atoms with E-state index in [1.807, 2.05) is 22.6 Å². The summed E-state index contributed by atoms with van der Waals surface area (Å²) in [5, 5.41) is 0. The number of nitrogens with zero attached hydrogens (tertiary/aromatic N) is 1. The van der Waals surface area contributed by atoms with Crippen LogP contribution in [0.1, 0.15) is 18.1 Å². The summed E-state index contributed by atoms with van der Waals surface area (Å²) in [6.45, 7) is 3.29. The number of ether oxygens (including phenoxy) is 2. The second kappa shape index (κ2) is 6.40. The Morgan fingerprint density at radius 3 is 2.63 bits per heavy atom. The Bertz CT molecular complexity index is 477. The molecule has 0 radical (unpaired) electrons. The molecule has 0 unspecified atom stereocenters. The number of carbonyl (C=O) groups excluding carboxylic acids is 1. The van der Waals surface area contributed by atoms with Gasteiger partial charge in [0.05, 0.1) is 13.0 Å². The van der Waals surface area contributed by atoms with Crippen molar-refractivity contribution in [3.63, 3.8) is 0 Å². The molecule has 8 heteroatoms. The SMILES string of the molecule is CCOC(=O)Cc1c(I)cnc(OC(F)(F)F)c1C. The first-order chi connectivity index (χ1) is 8.74. The normalized spacial score (nSPS) is 11.3. The highest BCUT2D eigenvalue weighted by molar-refractivity contribution is 14.1. The van der Waals surface area contributed by atoms with E-state index in [2.05, 4.69) is 9.72 Å². The van der Waals surface area contributed by atoms with Crippen molar-refractivity contribution in [1.82, 2.24) is 4.98 Å². The molecule has 106 valence electrons. The second-order valence-corrected chi connectivity index (χ2v) is 4.71. The number of halogens is 4. The van der Waals surface area contributed by atoms with Crippen molar-refractivity contribution < 1.29 is 27.4 Å². The highest BCUT2D eigenvalue weighted by Gasteiger charge is 2.33. The molecule has 1 heterocycles. The average molecular weight is 389 g/mol. The van der Waals surface area contributed by atoms with E-state index in [1.165, 1.54) is 13.1 Å². The number of carbonyl (C=O) groups is 1. The van der Waals surface area contributed by atoms with E-state index in [0.717, 1.165) is 0 Å². The summed E-state index contributed by atoms with van der Waals surface area (Å²) in [6, 6.07) is 0. The van der Waals surface area contributed by atoms with Gasteiger partial charge in [-0.25, -0.2) is 4.98 Å². The standard InChI is InChI=1S/C11H11F3INO3/c1-3-18-9(17)4-7-6(2)10(16-5-8(7)15)19-11(12,13)14/h5H,3-4H2,1-2H3. The van der Waals surface area contributed by atoms with E-state index in [4.69, 9.17) is 4.74 Å². The second-order valence-electron chi connectivity index (χ2n) is 3.54. The maximum absolute atomic E-state index is 12.2. The minimum atomic E-state index is -4.81. The van der Waals surface area contributed by atoms with E-state index in [-0.39, 0.29) is 18.6 Å². The Kier molecular flexibility index (Phi) is 5.39. The largest absolute Gasteiger partial charge is 0.574 e. The van der Waals surface area contributed by atoms with Gasteiger partial charge in [0.25, 0.3) is 0 Å². The van der Waals surface area contributed by atoms with Gasteiger partial charge >= 0.3 is 12.3 Å². The molecule has 0 aliphatic carbocycles. The molecule has 1 aromatic rings. The van der Waals surface area contributed by atoms with Crippen molar-refractivity contribution in [1.29, 1.82) is 0 Å². The quantitative estimate of drug-likeness (QED) is 0.587. The minimum Gasteiger partial charge on any atom is -0.466 e. The van der Waals surface area contributed by atoms with E-state index < -0.39 is 18.2 Å². The van der Waals surface area contributed by atoms with Gasteiger partial charge in [-0.3, -0.25) is 4.79 Å². The summed E-state index contributed by atoms with van der Waals surface area (Å²) >= 11 is 1.89. The number of hydrogen-bond donors (Lipinski definition) is 0. The number of aromatic nitrogens is 1. The lowest BCUT2D eigenvalue weighted by atomic mass is 10.1. The van der Waals surface area contributed by atoms with Gasteiger partial charge in [-0.1, -0.05) is 0 Å². The van der Waals surface area contributed by atoms with Gasteiger partial charge in [-0.2, -0.15) is 0 Å². The lowest BCUT2D eigenvalue weighted by Crippen LogP contribution is -2.20. The maximum atomic E-state index is 12.2. The van der Waals surface area contributed by atoms with Crippen LogP contribution in [-0.2, 0) is 16.0 Å². The van der Waals surface area contributed by atoms with E-state index in [0.29, 0.717) is 9.13 Å². The molecule has 0 fully saturated rings. The lowest BCUT2D eigenvalue weighted by Gasteiger charge is -2.14. The summed E-state index contributed by atoms with van der Waals surface area (Å²) < 4.78 is 45.7. The van der Waals surface area contributed by atoms with Crippen LogP contribution in [0.15, 0.2) is 6.20 Å². The van der Waals surface area contributed by atoms with Crippen molar-refractivity contribution in [3.05, 3.63) is 20.9 Å². The molecule has 0 N–H and O–H groups in total. The molecule has 4 nitrogen and oxygen atoms in total. The molecule has 0 bridgehead atoms. The molecule has 1 rings (SSSR count). The van der Waals surface area contributed by atoms with Crippen LogP contribution < -0.4 is 4.74 Å². The Morgan fingerprint density at radius 1 is 1.47 bits per heavy atom. The average Bonchev–Trinajstić information content (AvgIpc) is 2.27. The minimum absolute atomic E-state index is 0.116. The predicted octanol–water partition coefficient (Wildman–Crippen LogP) is 3.00. The smallest absolute Gasteiger partial charge is 0.466 e. The maximum Gasteiger partial charge on any atom is 0.574 e. The highest BCUT2D eigenvalue weighted by Crippen LogP contribution is 2.28. The third kappa shape index (κ3) is 4.84. The third-order valence-corrected chi connectivity index (χ3v) is 3.13. The summed E-state index contributed by atoms with van der Waals surface area (Å²) in [5.74, 6) is -1.06. The first kappa shape index (κ1) is 16.0. The fourth-order valence-corrected chi connectivity index (χ4v) is 2.12. The zero-order valence-electron chi connectivity index (χ0n) is 10.2. The Hall–Kier alpha value is -1.06. The number of rotatable bonds is 4. The Balaban J connectivity index is 3.03. The summed E-state index contributed by atoms with van der Waals surface area (Å²) in [7, 11) is 0. The third-order valence-electron chi connectivity index (χ3n) is 2.20. The fraction of sp³-hybridized carbons (Fsp3) is 0.455. The number of pyridine rings is 1. The van der Waals surface area contributed by atoms with Gasteiger partial charge in [0, 0.05) is 15.3 Å². The zero-order chi connectivity index (χ0) is 14.6. The van der Waals surface area contributed by atoms with Crippen LogP contribution in [0.5, 0.6) is 5.88 Å². The molecule has 0 aliphatic heterocycles. The van der Waals surface area contributed by atoms with Crippen molar-refractivity contribution in [2.75, 3.05) is 6.61 Å². The summed E-state index contributed by atoms with van der Waals surface area (Å²) in [6.07, 6.45) is -3.70. The Labute approximate surface area is 121 Å². The van der Waals surface area contributed by atoms with Crippen LogP contribution in [0.25, 0.3) is 0 Å². The van der Waals surface area contributed by atoms with Crippen LogP contribution in [0.3, 0.4) is 0 Å². The van der Waals surface area contributed by atoms with Crippen molar-refractivity contribution in [3.8, 4) is 5.88 Å². The van der Waals surface area contributed by atoms with Crippen LogP contribution in [0.4, 0.5) is 13.2 Å². The summed E-state index contributed by atoms with van der Waals surface area (Å²) in [4.78, 5) is 15.0. The fourth-order valence-electron chi connectivity index (χ4n) is 1.38. The van der Waals surface area contributed by atoms with Crippen LogP contribution >= 0.6 is 22.6 Å². The van der Waals surface area contributed by atoms with Crippen LogP contribution in [0.2, 0.25) is 0 Å². The van der Waals surface area contributed by atoms with Gasteiger partial charge in [0.1, 0.15) is 0 Å². The van der Waals surface area contributed by atoms with Crippen LogP contribution in [-0.4, -0.2) is 23.9 Å². The highest BCUT2D eigenvalue weighted by atomic mass is 127. The van der Waals surface area contributed by atoms with Crippen molar-refractivity contribution in [2.24, 2.45) is 0 Å². The first-order valence-electron chi connectivity index (χ1n) is 5.30. The number of alkyl halides is 3. The lowest BCUT2D eigenvalue weighted by molar-refractivity contribution is -0.276. The topological polar surface area (TPSA) is 48.4 Å². The summed E-state index contributed by atoms with van der Waals surface area (Å²) in [5.41, 5.74) is 0.602. The van der Waals surface area contributed by atoms with Crippen LogP contribution in [0, 0.1) is 10.5 Å². The van der Waals surface area contributed by atoms with Crippen molar-refractivity contribution in [2.45, 2.75) is 26.6 Å². The zero-order valence-corrected chi connectivity index (χ0v) is 12.3. The molecule has 0 atom stereocenters. The number of hydrogen-bond acceptors (Lipinski definition) is 4. The van der Waals surface area contributed by atoms with E-state index >= 15 is 0 Å². The molecule has 0 amide bonds. The van der Waals surface area contributed by atoms with Crippen molar-refractivity contribution >= 4 is 28.6 Å². The Morgan fingerprint density at radius 2 is 2.11 bits per heavy atom. The molecular weight excluding hydrogens is 378 g/mol. The molecule has 19 heavy (non-hydrogen) atoms. The van der Waals surface area contributed by atoms with Gasteiger partial charge in [0.15, 0.2) is 0 Å². The first-order valence-corrected chi connectivity index (χ1v) is 6.37. The molecule has 0 aromatic carbocycles. The molecule has 0 spiro atoms. The monoisotopic (exact) mass is 389 g/mol. The van der Waals surface area contributed by atoms with Gasteiger partial charge in [-0.15, -0.1) is 13.2 Å². The molecule has 0 aliphatic rings. The van der Waals surface area contributed by atoms with Gasteiger partial charge < -0.3 is 9.47 Å². The molecule has 1 aromatic heterocycles. The van der Waals surface area contributed by atoms with E-state index in [1.54, 1.807) is 6.92 Å². The predicted molar refractivity (Wildman–Crippen MR) is 68.7 cm³/mol. The molecule has 0 saturated carbocycles. The van der Waals surface area contributed by atoms with Gasteiger partial charge in [0.2, 0.25) is 5.88 Å². The number of esters is 1. The van der Waals surface area contributed by atoms with Gasteiger partial charge in [-0.05, 0) is 42.0 Å². The van der Waals surface area contributed by atoms with E-state index in [9.17, 15) is 18.0 Å². The molecule has 0 saturated heterocycles.